The molecule has 2 saturated heterocycles. The summed E-state index contributed by atoms with van der Waals surface area (Å²) >= 11 is 0. The van der Waals surface area contributed by atoms with Gasteiger partial charge in [-0.25, -0.2) is 0 Å². The van der Waals surface area contributed by atoms with Crippen LogP contribution in [-0.2, 0) is 9.59 Å². The first-order valence-corrected chi connectivity index (χ1v) is 5.18. The van der Waals surface area contributed by atoms with Crippen LogP contribution in [0.25, 0.3) is 0 Å². The lowest BCUT2D eigenvalue weighted by Crippen LogP contribution is -2.51. The molecule has 0 aromatic carbocycles. The van der Waals surface area contributed by atoms with E-state index in [1.165, 1.54) is 0 Å². The highest BCUT2D eigenvalue weighted by Crippen LogP contribution is 2.31. The highest BCUT2D eigenvalue weighted by atomic mass is 16.2. The molecule has 78 valence electrons. The molecule has 0 saturated carbocycles. The van der Waals surface area contributed by atoms with Crippen molar-refractivity contribution in [1.29, 1.82) is 0 Å². The molecule has 0 aromatic heterocycles. The van der Waals surface area contributed by atoms with Gasteiger partial charge in [0.25, 0.3) is 0 Å². The second-order valence-corrected chi connectivity index (χ2v) is 4.33. The Morgan fingerprint density at radius 3 is 2.43 bits per heavy atom. The number of nitrogens with one attached hydrogen (secondary N) is 1. The first kappa shape index (κ1) is 9.49. The molecule has 0 radical (unpaired) electrons. The normalized spacial score (nSPS) is 25.2. The number of hydrogen-bond donors (Lipinski definition) is 1. The van der Waals surface area contributed by atoms with Crippen LogP contribution in [0.15, 0.2) is 0 Å². The Balaban J connectivity index is 1.95. The molecular formula is C10H16N2O2. The molecule has 2 aliphatic heterocycles. The zero-order chi connectivity index (χ0) is 10.2. The Morgan fingerprint density at radius 2 is 2.00 bits per heavy atom. The number of likely N-dealkylation sites (tertiary alicyclic amines) is 1. The smallest absolute Gasteiger partial charge is 0.220 e. The number of nitrogens with zero attached hydrogens (tertiary/aromatic N) is 1. The monoisotopic (exact) mass is 196 g/mol. The number of piperidine rings is 1. The predicted molar refractivity (Wildman–Crippen MR) is 51.6 cm³/mol. The minimum atomic E-state index is 0.0169. The van der Waals surface area contributed by atoms with Crippen LogP contribution in [0.4, 0.5) is 0 Å². The van der Waals surface area contributed by atoms with Crippen molar-refractivity contribution in [2.75, 3.05) is 13.1 Å². The lowest BCUT2D eigenvalue weighted by Gasteiger charge is -2.38. The van der Waals surface area contributed by atoms with E-state index in [1.54, 1.807) is 6.92 Å². The Labute approximate surface area is 83.6 Å². The highest BCUT2D eigenvalue weighted by Gasteiger charge is 2.40. The molecule has 0 aliphatic carbocycles. The van der Waals surface area contributed by atoms with E-state index < -0.39 is 0 Å². The van der Waals surface area contributed by atoms with Crippen LogP contribution in [0.2, 0.25) is 0 Å². The summed E-state index contributed by atoms with van der Waals surface area (Å²) in [5.74, 6) is 0.311. The summed E-state index contributed by atoms with van der Waals surface area (Å²) in [7, 11) is 0. The molecule has 0 atom stereocenters. The maximum atomic E-state index is 11.1. The topological polar surface area (TPSA) is 49.4 Å². The molecule has 2 fully saturated rings. The lowest BCUT2D eigenvalue weighted by atomic mass is 9.86. The standard InChI is InChI=1S/C10H16N2O2/c1-8(13)12-6-4-10(5-7-12)3-2-9(14)11-10/h2-7H2,1H3,(H,11,14). The molecule has 0 aromatic rings. The molecule has 2 rings (SSSR count). The van der Waals surface area contributed by atoms with Gasteiger partial charge in [-0.3, -0.25) is 9.59 Å². The second-order valence-electron chi connectivity index (χ2n) is 4.33. The molecule has 1 N–H and O–H groups in total. The number of amides is 2. The van der Waals surface area contributed by atoms with E-state index in [9.17, 15) is 9.59 Å². The molecule has 14 heavy (non-hydrogen) atoms. The first-order valence-electron chi connectivity index (χ1n) is 5.18. The van der Waals surface area contributed by atoms with Crippen molar-refractivity contribution in [3.05, 3.63) is 0 Å². The lowest BCUT2D eigenvalue weighted by molar-refractivity contribution is -0.130. The van der Waals surface area contributed by atoms with E-state index in [0.29, 0.717) is 6.42 Å². The largest absolute Gasteiger partial charge is 0.351 e. The van der Waals surface area contributed by atoms with Crippen LogP contribution in [0.3, 0.4) is 0 Å². The summed E-state index contributed by atoms with van der Waals surface area (Å²) in [6.07, 6.45) is 3.42. The maximum absolute atomic E-state index is 11.1. The molecule has 4 heteroatoms. The van der Waals surface area contributed by atoms with Gasteiger partial charge in [-0.15, -0.1) is 0 Å². The van der Waals surface area contributed by atoms with Crippen LogP contribution in [0.5, 0.6) is 0 Å². The molecule has 2 aliphatic rings. The van der Waals surface area contributed by atoms with Crippen molar-refractivity contribution in [3.8, 4) is 0 Å². The van der Waals surface area contributed by atoms with Gasteiger partial charge in [0, 0.05) is 32.0 Å². The summed E-state index contributed by atoms with van der Waals surface area (Å²) in [6.45, 7) is 3.18. The van der Waals surface area contributed by atoms with Crippen molar-refractivity contribution in [1.82, 2.24) is 10.2 Å². The number of rotatable bonds is 0. The summed E-state index contributed by atoms with van der Waals surface area (Å²) in [5.41, 5.74) is 0.0169. The van der Waals surface area contributed by atoms with Crippen molar-refractivity contribution in [3.63, 3.8) is 0 Å². The fourth-order valence-electron chi connectivity index (χ4n) is 2.40. The molecule has 0 unspecified atom stereocenters. The molecule has 2 heterocycles. The number of carbonyl (C=O) groups is 2. The Bertz CT molecular complexity index is 267. The predicted octanol–water partition coefficient (Wildman–Crippen LogP) is 0.278. The van der Waals surface area contributed by atoms with Gasteiger partial charge >= 0.3 is 0 Å². The van der Waals surface area contributed by atoms with Crippen molar-refractivity contribution >= 4 is 11.8 Å². The fourth-order valence-corrected chi connectivity index (χ4v) is 2.40. The third-order valence-corrected chi connectivity index (χ3v) is 3.40. The summed E-state index contributed by atoms with van der Waals surface area (Å²) < 4.78 is 0. The van der Waals surface area contributed by atoms with Crippen molar-refractivity contribution in [2.45, 2.75) is 38.1 Å². The molecule has 4 nitrogen and oxygen atoms in total. The van der Waals surface area contributed by atoms with E-state index >= 15 is 0 Å². The van der Waals surface area contributed by atoms with Gasteiger partial charge in [-0.1, -0.05) is 0 Å². The Morgan fingerprint density at radius 1 is 1.36 bits per heavy atom. The maximum Gasteiger partial charge on any atom is 0.220 e. The minimum absolute atomic E-state index is 0.0169. The van der Waals surface area contributed by atoms with Gasteiger partial charge < -0.3 is 10.2 Å². The number of carbonyl (C=O) groups excluding carboxylic acids is 2. The highest BCUT2D eigenvalue weighted by molar-refractivity contribution is 5.79. The summed E-state index contributed by atoms with van der Waals surface area (Å²) in [6, 6.07) is 0. The zero-order valence-electron chi connectivity index (χ0n) is 8.51. The number of hydrogen-bond acceptors (Lipinski definition) is 2. The van der Waals surface area contributed by atoms with Crippen molar-refractivity contribution < 1.29 is 9.59 Å². The van der Waals surface area contributed by atoms with Crippen LogP contribution in [0.1, 0.15) is 32.6 Å². The van der Waals surface area contributed by atoms with E-state index in [2.05, 4.69) is 5.32 Å². The van der Waals surface area contributed by atoms with Crippen LogP contribution >= 0.6 is 0 Å². The van der Waals surface area contributed by atoms with Gasteiger partial charge in [-0.05, 0) is 19.3 Å². The van der Waals surface area contributed by atoms with Crippen LogP contribution in [0, 0.1) is 0 Å². The van der Waals surface area contributed by atoms with Gasteiger partial charge in [0.2, 0.25) is 11.8 Å². The SMILES string of the molecule is CC(=O)N1CCC2(CCC(=O)N2)CC1. The second kappa shape index (κ2) is 3.26. The van der Waals surface area contributed by atoms with E-state index in [4.69, 9.17) is 0 Å². The van der Waals surface area contributed by atoms with Crippen LogP contribution < -0.4 is 5.32 Å². The van der Waals surface area contributed by atoms with Gasteiger partial charge in [-0.2, -0.15) is 0 Å². The molecule has 0 bridgehead atoms. The Kier molecular flexibility index (Phi) is 2.21. The van der Waals surface area contributed by atoms with E-state index in [1.807, 2.05) is 4.90 Å². The van der Waals surface area contributed by atoms with Gasteiger partial charge in [0.15, 0.2) is 0 Å². The molecule has 1 spiro atoms. The molecular weight excluding hydrogens is 180 g/mol. The third kappa shape index (κ3) is 1.61. The Hall–Kier alpha value is -1.06. The quantitative estimate of drug-likeness (QED) is 0.605. The third-order valence-electron chi connectivity index (χ3n) is 3.40. The molecule has 2 amide bonds. The average molecular weight is 196 g/mol. The van der Waals surface area contributed by atoms with Gasteiger partial charge in [0.05, 0.1) is 0 Å². The van der Waals surface area contributed by atoms with Crippen LogP contribution in [-0.4, -0.2) is 35.3 Å². The van der Waals surface area contributed by atoms with Gasteiger partial charge in [0.1, 0.15) is 0 Å². The van der Waals surface area contributed by atoms with E-state index in [-0.39, 0.29) is 17.4 Å². The van der Waals surface area contributed by atoms with E-state index in [0.717, 1.165) is 32.4 Å². The summed E-state index contributed by atoms with van der Waals surface area (Å²) in [4.78, 5) is 24.1. The first-order chi connectivity index (χ1) is 6.61. The average Bonchev–Trinajstić information content (AvgIpc) is 2.48. The van der Waals surface area contributed by atoms with Crippen molar-refractivity contribution in [2.24, 2.45) is 0 Å². The zero-order valence-corrected chi connectivity index (χ0v) is 8.51. The summed E-state index contributed by atoms with van der Waals surface area (Å²) in [5, 5.41) is 3.05. The minimum Gasteiger partial charge on any atom is -0.351 e. The fraction of sp³-hybridized carbons (Fsp3) is 0.800.